The van der Waals surface area contributed by atoms with Gasteiger partial charge in [0, 0.05) is 47.4 Å². The topological polar surface area (TPSA) is 95.0 Å². The van der Waals surface area contributed by atoms with Crippen LogP contribution in [0.3, 0.4) is 0 Å². The van der Waals surface area contributed by atoms with Crippen molar-refractivity contribution in [2.75, 3.05) is 40.4 Å². The minimum atomic E-state index is -0.343. The number of aromatic nitrogens is 4. The molecule has 0 radical (unpaired) electrons. The summed E-state index contributed by atoms with van der Waals surface area (Å²) in [6, 6.07) is 24.7. The lowest BCUT2D eigenvalue weighted by atomic mass is 9.73. The Bertz CT molecular complexity index is 2340. The van der Waals surface area contributed by atoms with E-state index >= 15 is 0 Å². The monoisotopic (exact) mass is 774 g/mol. The first kappa shape index (κ1) is 36.7. The number of methoxy groups -OCH3 is 2. The highest BCUT2D eigenvalue weighted by atomic mass is 16.5. The molecule has 3 aromatic heterocycles. The summed E-state index contributed by atoms with van der Waals surface area (Å²) in [6.07, 6.45) is 11.7. The lowest BCUT2D eigenvalue weighted by molar-refractivity contribution is -0.0382. The van der Waals surface area contributed by atoms with Crippen molar-refractivity contribution in [1.29, 1.82) is 0 Å². The van der Waals surface area contributed by atoms with Gasteiger partial charge in [0.1, 0.15) is 23.7 Å². The van der Waals surface area contributed by atoms with E-state index in [-0.39, 0.29) is 24.3 Å². The molecule has 10 heteroatoms. The molecule has 6 aliphatic heterocycles. The Morgan fingerprint density at radius 3 is 1.48 bits per heavy atom. The molecule has 0 aliphatic carbocycles. The fourth-order valence-corrected chi connectivity index (χ4v) is 10.6. The molecule has 2 unspecified atom stereocenters. The zero-order chi connectivity index (χ0) is 39.3. The summed E-state index contributed by atoms with van der Waals surface area (Å²) in [5.41, 5.74) is 3.90. The third kappa shape index (κ3) is 6.43. The third-order valence-corrected chi connectivity index (χ3v) is 13.7. The molecule has 6 fully saturated rings. The van der Waals surface area contributed by atoms with Gasteiger partial charge >= 0.3 is 0 Å². The average molecular weight is 775 g/mol. The number of hydrogen-bond donors (Lipinski definition) is 0. The Kier molecular flexibility index (Phi) is 9.69. The highest BCUT2D eigenvalue weighted by molar-refractivity contribution is 5.91. The quantitative estimate of drug-likeness (QED) is 0.112. The molecule has 12 rings (SSSR count). The number of piperidine rings is 6. The second-order valence-electron chi connectivity index (χ2n) is 16.5. The van der Waals surface area contributed by atoms with Gasteiger partial charge in [0.05, 0.1) is 48.1 Å². The molecule has 10 nitrogen and oxygen atoms in total. The Hall–Kier alpha value is -5.58. The molecule has 58 heavy (non-hydrogen) atoms. The fourth-order valence-electron chi connectivity index (χ4n) is 10.6. The van der Waals surface area contributed by atoms with Crippen LogP contribution in [-0.4, -0.2) is 82.4 Å². The van der Waals surface area contributed by atoms with E-state index in [1.807, 2.05) is 48.8 Å². The standard InChI is InChI=1S/C48H50N6O4/c1-5-29-27-53-21-17-31(29)23-43(53)45(35-15-19-49-41-13-11-33(55-3)25-39(35)41)57-47-37-9-7-8-10-38(37)48(52-51-47)58-46(44-24-32-18-22-54(44)28-30(32)6-2)36-16-20-50-42-14-12-34(56-4)26-40(36)42/h5-16,19-20,25-26,29-32,43-46H,1-2,17-18,21-24,27-28H2,3-4H3/t29-,30-,31-,32+,43+,44-,45+,46-/m1/s1. The molecule has 6 aromatic rings. The van der Waals surface area contributed by atoms with Crippen molar-refractivity contribution in [3.8, 4) is 23.3 Å². The average Bonchev–Trinajstić information content (AvgIpc) is 3.29. The van der Waals surface area contributed by atoms with Crippen LogP contribution in [0.5, 0.6) is 23.3 Å². The van der Waals surface area contributed by atoms with Gasteiger partial charge in [0.25, 0.3) is 0 Å². The molecule has 3 aromatic carbocycles. The summed E-state index contributed by atoms with van der Waals surface area (Å²) in [5.74, 6) is 4.57. The number of rotatable bonds is 12. The molecular weight excluding hydrogens is 725 g/mol. The molecule has 0 saturated carbocycles. The summed E-state index contributed by atoms with van der Waals surface area (Å²) in [7, 11) is 3.40. The maximum atomic E-state index is 7.26. The summed E-state index contributed by atoms with van der Waals surface area (Å²) in [5, 5.41) is 13.5. The molecule has 296 valence electrons. The smallest absolute Gasteiger partial charge is 0.242 e. The van der Waals surface area contributed by atoms with Gasteiger partial charge in [-0.05, 0) is 123 Å². The first-order valence-electron chi connectivity index (χ1n) is 20.7. The Morgan fingerprint density at radius 2 is 1.09 bits per heavy atom. The summed E-state index contributed by atoms with van der Waals surface area (Å²) >= 11 is 0. The zero-order valence-corrected chi connectivity index (χ0v) is 33.2. The lowest BCUT2D eigenvalue weighted by Crippen LogP contribution is -2.55. The third-order valence-electron chi connectivity index (χ3n) is 13.7. The number of nitrogens with zero attached hydrogens (tertiary/aromatic N) is 6. The molecule has 0 N–H and O–H groups in total. The van der Waals surface area contributed by atoms with Crippen LogP contribution in [0.4, 0.5) is 0 Å². The molecule has 6 aliphatic rings. The minimum absolute atomic E-state index is 0.125. The first-order chi connectivity index (χ1) is 28.5. The van der Waals surface area contributed by atoms with Crippen LogP contribution in [0.1, 0.15) is 49.0 Å². The highest BCUT2D eigenvalue weighted by Crippen LogP contribution is 2.47. The summed E-state index contributed by atoms with van der Waals surface area (Å²) in [4.78, 5) is 14.6. The van der Waals surface area contributed by atoms with E-state index < -0.39 is 0 Å². The van der Waals surface area contributed by atoms with Crippen molar-refractivity contribution in [1.82, 2.24) is 30.0 Å². The molecule has 0 amide bonds. The van der Waals surface area contributed by atoms with E-state index in [0.29, 0.717) is 35.4 Å². The Labute approximate surface area is 339 Å². The highest BCUT2D eigenvalue weighted by Gasteiger charge is 2.46. The van der Waals surface area contributed by atoms with Gasteiger partial charge in [-0.3, -0.25) is 19.8 Å². The van der Waals surface area contributed by atoms with Gasteiger partial charge in [-0.25, -0.2) is 0 Å². The Balaban J connectivity index is 1.07. The minimum Gasteiger partial charge on any atom is -0.497 e. The fraction of sp³-hybridized carbons (Fsp3) is 0.375. The molecule has 4 bridgehead atoms. The van der Waals surface area contributed by atoms with Crippen LogP contribution in [0.25, 0.3) is 32.6 Å². The van der Waals surface area contributed by atoms with Crippen LogP contribution in [0.15, 0.2) is 111 Å². The molecule has 6 saturated heterocycles. The molecule has 0 spiro atoms. The number of ether oxygens (including phenoxy) is 4. The van der Waals surface area contributed by atoms with Crippen LogP contribution in [0, 0.1) is 23.7 Å². The van der Waals surface area contributed by atoms with Gasteiger partial charge in [0.15, 0.2) is 0 Å². The van der Waals surface area contributed by atoms with Crippen molar-refractivity contribution < 1.29 is 18.9 Å². The van der Waals surface area contributed by atoms with Crippen LogP contribution in [-0.2, 0) is 0 Å². The number of pyridine rings is 2. The molecular formula is C48H50N6O4. The van der Waals surface area contributed by atoms with Crippen LogP contribution >= 0.6 is 0 Å². The van der Waals surface area contributed by atoms with E-state index in [9.17, 15) is 0 Å². The van der Waals surface area contributed by atoms with Crippen molar-refractivity contribution in [2.24, 2.45) is 23.7 Å². The number of hydrogen-bond acceptors (Lipinski definition) is 10. The van der Waals surface area contributed by atoms with Gasteiger partial charge in [0.2, 0.25) is 11.8 Å². The van der Waals surface area contributed by atoms with Crippen LogP contribution in [0.2, 0.25) is 0 Å². The largest absolute Gasteiger partial charge is 0.497 e. The SMILES string of the molecule is C=C[C@@H]1CN2CC[C@H]1C[C@@H]2[C@H](Oc1nnc(O[C@@H](c2ccnc3ccc(OC)cc23)[C@@H]2C[C@H]3CCN2C[C@H]3C=C)c2ccccc12)c1ccnc2ccc(OC)cc12. The van der Waals surface area contributed by atoms with Crippen molar-refractivity contribution in [3.63, 3.8) is 0 Å². The molecule has 10 atom stereocenters. The van der Waals surface area contributed by atoms with Crippen molar-refractivity contribution >= 4 is 32.6 Å². The number of fused-ring (bicyclic) bond motifs is 9. The van der Waals surface area contributed by atoms with Crippen molar-refractivity contribution in [2.45, 2.75) is 50.0 Å². The van der Waals surface area contributed by atoms with Crippen LogP contribution < -0.4 is 18.9 Å². The van der Waals surface area contributed by atoms with E-state index in [1.165, 1.54) is 0 Å². The lowest BCUT2D eigenvalue weighted by Gasteiger charge is -2.51. The van der Waals surface area contributed by atoms with E-state index in [2.05, 4.69) is 71.5 Å². The van der Waals surface area contributed by atoms with Gasteiger partial charge in [-0.15, -0.1) is 23.4 Å². The van der Waals surface area contributed by atoms with E-state index in [4.69, 9.17) is 39.1 Å². The normalized spacial score (nSPS) is 27.3. The maximum absolute atomic E-state index is 7.26. The van der Waals surface area contributed by atoms with Gasteiger partial charge < -0.3 is 18.9 Å². The second-order valence-corrected chi connectivity index (χ2v) is 16.5. The maximum Gasteiger partial charge on any atom is 0.242 e. The number of benzene rings is 3. The summed E-state index contributed by atoms with van der Waals surface area (Å²) < 4.78 is 25.9. The van der Waals surface area contributed by atoms with Gasteiger partial charge in [-0.1, -0.05) is 24.3 Å². The predicted octanol–water partition coefficient (Wildman–Crippen LogP) is 8.78. The van der Waals surface area contributed by atoms with Crippen molar-refractivity contribution in [3.05, 3.63) is 122 Å². The first-order valence-corrected chi connectivity index (χ1v) is 20.7. The zero-order valence-electron chi connectivity index (χ0n) is 33.2. The second kappa shape index (κ2) is 15.3. The molecule has 9 heterocycles. The predicted molar refractivity (Wildman–Crippen MR) is 226 cm³/mol. The summed E-state index contributed by atoms with van der Waals surface area (Å²) in [6.45, 7) is 12.3. The van der Waals surface area contributed by atoms with E-state index in [0.717, 1.165) is 107 Å². The Morgan fingerprint density at radius 1 is 0.621 bits per heavy atom. The van der Waals surface area contributed by atoms with E-state index in [1.54, 1.807) is 14.2 Å². The van der Waals surface area contributed by atoms with Gasteiger partial charge in [-0.2, -0.15) is 0 Å².